The molecule has 1 atom stereocenters. The van der Waals surface area contributed by atoms with Crippen LogP contribution in [0.1, 0.15) is 115 Å². The molecule has 0 radical (unpaired) electrons. The number of ether oxygens (including phenoxy) is 1. The zero-order valence-electron chi connectivity index (χ0n) is 26.0. The van der Waals surface area contributed by atoms with Gasteiger partial charge in [0.05, 0.1) is 11.5 Å². The van der Waals surface area contributed by atoms with Crippen molar-refractivity contribution in [3.8, 4) is 11.4 Å². The fourth-order valence-electron chi connectivity index (χ4n) is 5.20. The molecular weight excluding hydrogens is 579 g/mol. The highest BCUT2D eigenvalue weighted by Crippen LogP contribution is 2.36. The van der Waals surface area contributed by atoms with Crippen LogP contribution in [-0.2, 0) is 17.3 Å². The fourth-order valence-corrected chi connectivity index (χ4v) is 5.20. The number of amides is 2. The molecule has 0 bridgehead atoms. The van der Waals surface area contributed by atoms with Gasteiger partial charge in [-0.1, -0.05) is 69.2 Å². The van der Waals surface area contributed by atoms with Gasteiger partial charge in [-0.15, -0.1) is 4.99 Å². The second-order valence-corrected chi connectivity index (χ2v) is 12.2. The molecule has 13 heteroatoms. The van der Waals surface area contributed by atoms with Gasteiger partial charge in [-0.2, -0.15) is 18.2 Å². The van der Waals surface area contributed by atoms with E-state index in [0.29, 0.717) is 32.2 Å². The van der Waals surface area contributed by atoms with E-state index in [1.54, 1.807) is 31.7 Å². The highest BCUT2D eigenvalue weighted by Gasteiger charge is 2.34. The number of alkyl halides is 3. The molecule has 244 valence electrons. The lowest BCUT2D eigenvalue weighted by Crippen LogP contribution is -2.49. The first-order valence-corrected chi connectivity index (χ1v) is 15.4. The third-order valence-electron chi connectivity index (χ3n) is 7.30. The fraction of sp³-hybridized carbons (Fsp3) is 0.645. The number of nitrogens with zero attached hydrogens (tertiary/aromatic N) is 4. The molecule has 3 rings (SSSR count). The Balaban J connectivity index is 1.69. The van der Waals surface area contributed by atoms with Crippen molar-refractivity contribution in [1.29, 1.82) is 0 Å². The molecule has 2 heterocycles. The number of piperidine rings is 1. The van der Waals surface area contributed by atoms with Crippen molar-refractivity contribution < 1.29 is 37.1 Å². The number of guanidine groups is 1. The van der Waals surface area contributed by atoms with Gasteiger partial charge >= 0.3 is 18.4 Å². The summed E-state index contributed by atoms with van der Waals surface area (Å²) >= 11 is 0. The van der Waals surface area contributed by atoms with Crippen molar-refractivity contribution in [2.75, 3.05) is 13.1 Å². The van der Waals surface area contributed by atoms with Crippen LogP contribution in [0.15, 0.2) is 27.7 Å². The van der Waals surface area contributed by atoms with Crippen LogP contribution in [0.3, 0.4) is 0 Å². The zero-order chi connectivity index (χ0) is 32.3. The monoisotopic (exact) mass is 623 g/mol. The number of benzene rings is 1. The van der Waals surface area contributed by atoms with Crippen molar-refractivity contribution in [3.63, 3.8) is 0 Å². The van der Waals surface area contributed by atoms with Gasteiger partial charge < -0.3 is 19.3 Å². The number of aliphatic imine (C=N–C) groups is 1. The van der Waals surface area contributed by atoms with Gasteiger partial charge in [-0.25, -0.2) is 9.59 Å². The van der Waals surface area contributed by atoms with E-state index >= 15 is 0 Å². The highest BCUT2D eigenvalue weighted by atomic mass is 19.4. The molecule has 1 aromatic heterocycles. The first-order chi connectivity index (χ1) is 20.8. The molecule has 1 aromatic carbocycles. The first-order valence-electron chi connectivity index (χ1n) is 15.4. The maximum Gasteiger partial charge on any atom is 0.434 e. The van der Waals surface area contributed by atoms with E-state index in [-0.39, 0.29) is 41.3 Å². The van der Waals surface area contributed by atoms with Crippen molar-refractivity contribution in [1.82, 2.24) is 20.4 Å². The predicted octanol–water partition coefficient (Wildman–Crippen LogP) is 8.18. The SMILES string of the molecule is CCCCCCCCCCc1ccc(-c2noc(C3CCCN(C(=NC(=O)O)NC(=O)OC(C)(C)C)C3)n2)cc1C(F)(F)F. The molecule has 1 aliphatic rings. The third-order valence-corrected chi connectivity index (χ3v) is 7.30. The number of carbonyl (C=O) groups is 2. The Morgan fingerprint density at radius 3 is 2.43 bits per heavy atom. The van der Waals surface area contributed by atoms with Crippen LogP contribution in [0.5, 0.6) is 0 Å². The average Bonchev–Trinajstić information content (AvgIpc) is 3.43. The van der Waals surface area contributed by atoms with Crippen LogP contribution in [0.25, 0.3) is 11.4 Å². The summed E-state index contributed by atoms with van der Waals surface area (Å²) in [4.78, 5) is 33.1. The number of nitrogens with one attached hydrogen (secondary N) is 1. The van der Waals surface area contributed by atoms with E-state index in [0.717, 1.165) is 25.3 Å². The van der Waals surface area contributed by atoms with E-state index in [9.17, 15) is 27.9 Å². The largest absolute Gasteiger partial charge is 0.463 e. The van der Waals surface area contributed by atoms with Crippen LogP contribution in [0.2, 0.25) is 0 Å². The zero-order valence-corrected chi connectivity index (χ0v) is 26.0. The summed E-state index contributed by atoms with van der Waals surface area (Å²) in [5.41, 5.74) is -1.06. The molecule has 1 aliphatic heterocycles. The van der Waals surface area contributed by atoms with Gasteiger partial charge in [0.1, 0.15) is 5.60 Å². The summed E-state index contributed by atoms with van der Waals surface area (Å²) in [6.45, 7) is 7.77. The minimum atomic E-state index is -4.52. The highest BCUT2D eigenvalue weighted by molar-refractivity contribution is 5.98. The summed E-state index contributed by atoms with van der Waals surface area (Å²) in [6, 6.07) is 4.15. The van der Waals surface area contributed by atoms with Crippen LogP contribution in [-0.4, -0.2) is 57.0 Å². The molecule has 1 fully saturated rings. The molecule has 1 unspecified atom stereocenters. The van der Waals surface area contributed by atoms with Gasteiger partial charge in [0, 0.05) is 18.7 Å². The number of unbranched alkanes of at least 4 members (excludes halogenated alkanes) is 7. The van der Waals surface area contributed by atoms with Gasteiger partial charge in [0.2, 0.25) is 17.7 Å². The number of likely N-dealkylation sites (tertiary alicyclic amines) is 1. The van der Waals surface area contributed by atoms with Crippen LogP contribution >= 0.6 is 0 Å². The molecular formula is C31H44F3N5O5. The van der Waals surface area contributed by atoms with Gasteiger partial charge in [-0.05, 0) is 58.1 Å². The topological polar surface area (TPSA) is 130 Å². The number of carbonyl (C=O) groups excluding carboxylic acids is 1. The quantitative estimate of drug-likeness (QED) is 0.146. The smallest absolute Gasteiger partial charge is 0.434 e. The second-order valence-electron chi connectivity index (χ2n) is 12.2. The number of hydrogen-bond donors (Lipinski definition) is 2. The molecule has 2 aromatic rings. The minimum Gasteiger partial charge on any atom is -0.463 e. The Morgan fingerprint density at radius 2 is 1.80 bits per heavy atom. The van der Waals surface area contributed by atoms with Gasteiger partial charge in [0.15, 0.2) is 0 Å². The van der Waals surface area contributed by atoms with Crippen LogP contribution in [0.4, 0.5) is 22.8 Å². The lowest BCUT2D eigenvalue weighted by Gasteiger charge is -2.33. The Labute approximate surface area is 256 Å². The lowest BCUT2D eigenvalue weighted by molar-refractivity contribution is -0.138. The van der Waals surface area contributed by atoms with E-state index in [2.05, 4.69) is 27.4 Å². The maximum absolute atomic E-state index is 14.0. The molecule has 2 amide bonds. The molecule has 1 saturated heterocycles. The molecule has 0 spiro atoms. The summed E-state index contributed by atoms with van der Waals surface area (Å²) in [6.07, 6.45) is 3.15. The number of aromatic nitrogens is 2. The maximum atomic E-state index is 14.0. The normalized spacial score (nSPS) is 16.2. The molecule has 0 saturated carbocycles. The average molecular weight is 624 g/mol. The number of halogens is 3. The number of rotatable bonds is 11. The Kier molecular flexibility index (Phi) is 12.6. The Morgan fingerprint density at radius 1 is 1.11 bits per heavy atom. The van der Waals surface area contributed by atoms with Crippen LogP contribution < -0.4 is 5.32 Å². The number of carboxylic acid groups (broad SMARTS) is 1. The lowest BCUT2D eigenvalue weighted by atomic mass is 9.97. The number of alkyl carbamates (subject to hydrolysis) is 1. The number of aryl methyl sites for hydroxylation is 1. The summed E-state index contributed by atoms with van der Waals surface area (Å²) in [7, 11) is 0. The van der Waals surface area contributed by atoms with Crippen molar-refractivity contribution in [2.24, 2.45) is 4.99 Å². The van der Waals surface area contributed by atoms with Crippen molar-refractivity contribution in [3.05, 3.63) is 35.2 Å². The van der Waals surface area contributed by atoms with Crippen molar-refractivity contribution >= 4 is 18.1 Å². The third kappa shape index (κ3) is 11.1. The van der Waals surface area contributed by atoms with Gasteiger partial charge in [-0.3, -0.25) is 5.32 Å². The summed E-state index contributed by atoms with van der Waals surface area (Å²) < 4.78 is 52.7. The van der Waals surface area contributed by atoms with Gasteiger partial charge in [0.25, 0.3) is 0 Å². The van der Waals surface area contributed by atoms with E-state index < -0.39 is 29.5 Å². The summed E-state index contributed by atoms with van der Waals surface area (Å²) in [5.74, 6) is -0.327. The van der Waals surface area contributed by atoms with Crippen LogP contribution in [0, 0.1) is 0 Å². The first kappa shape index (κ1) is 34.8. The van der Waals surface area contributed by atoms with E-state index in [1.807, 2.05) is 0 Å². The minimum absolute atomic E-state index is 0.0348. The molecule has 2 N–H and O–H groups in total. The van der Waals surface area contributed by atoms with E-state index in [1.165, 1.54) is 31.7 Å². The second kappa shape index (κ2) is 15.9. The summed E-state index contributed by atoms with van der Waals surface area (Å²) in [5, 5.41) is 15.6. The predicted molar refractivity (Wildman–Crippen MR) is 159 cm³/mol. The molecule has 0 aliphatic carbocycles. The van der Waals surface area contributed by atoms with Crippen molar-refractivity contribution in [2.45, 2.75) is 116 Å². The number of hydrogen-bond acceptors (Lipinski definition) is 6. The molecule has 10 nitrogen and oxygen atoms in total. The Hall–Kier alpha value is -3.64. The standard InChI is InChI=1S/C31H44F3N5O5/c1-5-6-7-8-9-10-11-12-14-21-16-17-22(19-24(21)31(32,33)34)25-35-26(44-38-25)23-15-13-18-39(20-23)27(36-28(40)41)37-29(42)43-30(2,3)4/h16-17,19,23H,5-15,18,20H2,1-4H3,(H,40,41)(H,36,37,42). The molecule has 44 heavy (non-hydrogen) atoms. The van der Waals surface area contributed by atoms with E-state index in [4.69, 9.17) is 9.26 Å². The Bertz CT molecular complexity index is 1270.